The molecule has 0 atom stereocenters. The highest BCUT2D eigenvalue weighted by Gasteiger charge is 2.38. The van der Waals surface area contributed by atoms with E-state index in [9.17, 15) is 9.59 Å². The number of rotatable bonds is 7. The second-order valence-corrected chi connectivity index (χ2v) is 7.78. The van der Waals surface area contributed by atoms with Crippen molar-refractivity contribution in [3.05, 3.63) is 64.9 Å². The number of imide groups is 1. The number of anilines is 1. The monoisotopic (exact) mass is 392 g/mol. The Morgan fingerprint density at radius 2 is 1.69 bits per heavy atom. The molecule has 0 unspecified atom stereocenters. The highest BCUT2D eigenvalue weighted by Crippen LogP contribution is 2.32. The zero-order chi connectivity index (χ0) is 21.1. The fourth-order valence-corrected chi connectivity index (χ4v) is 3.23. The number of nitrogens with zero attached hydrogens (tertiary/aromatic N) is 1. The van der Waals surface area contributed by atoms with Crippen molar-refractivity contribution in [3.63, 3.8) is 0 Å². The van der Waals surface area contributed by atoms with E-state index in [4.69, 9.17) is 4.74 Å². The van der Waals surface area contributed by atoms with Crippen LogP contribution in [0.5, 0.6) is 5.75 Å². The van der Waals surface area contributed by atoms with Crippen molar-refractivity contribution < 1.29 is 14.3 Å². The molecule has 2 aromatic rings. The minimum Gasteiger partial charge on any atom is -0.493 e. The Kier molecular flexibility index (Phi) is 6.06. The van der Waals surface area contributed by atoms with Crippen molar-refractivity contribution in [2.75, 3.05) is 18.5 Å². The fourth-order valence-electron chi connectivity index (χ4n) is 3.23. The summed E-state index contributed by atoms with van der Waals surface area (Å²) in [6.07, 6.45) is 0. The lowest BCUT2D eigenvalue weighted by Gasteiger charge is -2.13. The van der Waals surface area contributed by atoms with Crippen LogP contribution in [0.25, 0.3) is 5.57 Å². The summed E-state index contributed by atoms with van der Waals surface area (Å²) in [4.78, 5) is 27.2. The van der Waals surface area contributed by atoms with Gasteiger partial charge in [0.15, 0.2) is 0 Å². The topological polar surface area (TPSA) is 58.6 Å². The maximum absolute atomic E-state index is 13.0. The van der Waals surface area contributed by atoms with E-state index in [1.807, 2.05) is 56.3 Å². The Balaban J connectivity index is 1.99. The predicted octanol–water partition coefficient (Wildman–Crippen LogP) is 4.55. The molecule has 2 amide bonds. The van der Waals surface area contributed by atoms with Gasteiger partial charge in [-0.3, -0.25) is 14.5 Å². The normalized spacial score (nSPS) is 14.2. The Morgan fingerprint density at radius 3 is 2.31 bits per heavy atom. The molecule has 2 aromatic carbocycles. The Morgan fingerprint density at radius 1 is 1.00 bits per heavy atom. The highest BCUT2D eigenvalue weighted by molar-refractivity contribution is 6.36. The Bertz CT molecular complexity index is 959. The molecular weight excluding hydrogens is 364 g/mol. The molecule has 0 bridgehead atoms. The van der Waals surface area contributed by atoms with Gasteiger partial charge in [0.05, 0.1) is 12.2 Å². The van der Waals surface area contributed by atoms with Crippen LogP contribution in [-0.4, -0.2) is 29.9 Å². The van der Waals surface area contributed by atoms with Crippen LogP contribution in [0.2, 0.25) is 0 Å². The second-order valence-electron chi connectivity index (χ2n) is 7.78. The van der Waals surface area contributed by atoms with Crippen molar-refractivity contribution in [3.8, 4) is 5.75 Å². The third-order valence-electron chi connectivity index (χ3n) is 4.86. The molecule has 5 nitrogen and oxygen atoms in total. The lowest BCUT2D eigenvalue weighted by atomic mass is 10.0. The number of carbonyl (C=O) groups is 2. The molecule has 0 fully saturated rings. The molecule has 1 aliphatic heterocycles. The van der Waals surface area contributed by atoms with Crippen LogP contribution in [0.1, 0.15) is 37.5 Å². The number of benzene rings is 2. The first-order chi connectivity index (χ1) is 13.8. The van der Waals surface area contributed by atoms with Crippen LogP contribution in [0, 0.1) is 19.8 Å². The first-order valence-electron chi connectivity index (χ1n) is 9.99. The molecule has 0 saturated carbocycles. The van der Waals surface area contributed by atoms with Crippen LogP contribution in [0.15, 0.2) is 48.2 Å². The highest BCUT2D eigenvalue weighted by atomic mass is 16.5. The summed E-state index contributed by atoms with van der Waals surface area (Å²) < 4.78 is 5.73. The van der Waals surface area contributed by atoms with Gasteiger partial charge in [0, 0.05) is 12.2 Å². The number of likely N-dealkylation sites (N-methyl/N-ethyl adjacent to an activating group) is 1. The van der Waals surface area contributed by atoms with Crippen LogP contribution >= 0.6 is 0 Å². The lowest BCUT2D eigenvalue weighted by Crippen LogP contribution is -2.32. The average molecular weight is 392 g/mol. The molecule has 5 heteroatoms. The van der Waals surface area contributed by atoms with Crippen LogP contribution in [0.3, 0.4) is 0 Å². The fraction of sp³-hybridized carbons (Fsp3) is 0.333. The van der Waals surface area contributed by atoms with E-state index in [0.29, 0.717) is 35.9 Å². The molecular formula is C24H28N2O3. The average Bonchev–Trinajstić information content (AvgIpc) is 2.92. The zero-order valence-corrected chi connectivity index (χ0v) is 17.7. The van der Waals surface area contributed by atoms with Crippen molar-refractivity contribution in [1.29, 1.82) is 0 Å². The number of nitrogens with one attached hydrogen (secondary N) is 1. The number of amides is 2. The summed E-state index contributed by atoms with van der Waals surface area (Å²) >= 11 is 0. The zero-order valence-electron chi connectivity index (χ0n) is 17.7. The van der Waals surface area contributed by atoms with E-state index in [1.54, 1.807) is 6.92 Å². The number of carbonyl (C=O) groups excluding carboxylic acids is 2. The number of aryl methyl sites for hydroxylation is 2. The van der Waals surface area contributed by atoms with E-state index < -0.39 is 0 Å². The smallest absolute Gasteiger partial charge is 0.278 e. The molecule has 0 saturated heterocycles. The molecule has 0 aliphatic carbocycles. The van der Waals surface area contributed by atoms with Gasteiger partial charge in [0.2, 0.25) is 0 Å². The summed E-state index contributed by atoms with van der Waals surface area (Å²) in [6.45, 7) is 10.9. The van der Waals surface area contributed by atoms with E-state index in [2.05, 4.69) is 19.2 Å². The number of hydrogen-bond donors (Lipinski definition) is 1. The third-order valence-corrected chi connectivity index (χ3v) is 4.86. The molecule has 152 valence electrons. The predicted molar refractivity (Wildman–Crippen MR) is 116 cm³/mol. The summed E-state index contributed by atoms with van der Waals surface area (Å²) in [5, 5.41) is 3.23. The van der Waals surface area contributed by atoms with Gasteiger partial charge in [0.1, 0.15) is 11.4 Å². The summed E-state index contributed by atoms with van der Waals surface area (Å²) in [5.41, 5.74) is 4.33. The number of hydrogen-bond acceptors (Lipinski definition) is 4. The first-order valence-corrected chi connectivity index (χ1v) is 9.99. The third kappa shape index (κ3) is 4.34. The summed E-state index contributed by atoms with van der Waals surface area (Å²) in [5.74, 6) is 0.601. The molecule has 0 spiro atoms. The van der Waals surface area contributed by atoms with Gasteiger partial charge in [-0.15, -0.1) is 0 Å². The van der Waals surface area contributed by atoms with Gasteiger partial charge >= 0.3 is 0 Å². The van der Waals surface area contributed by atoms with Crippen molar-refractivity contribution >= 4 is 23.1 Å². The quantitative estimate of drug-likeness (QED) is 0.702. The molecule has 0 aromatic heterocycles. The van der Waals surface area contributed by atoms with Crippen molar-refractivity contribution in [2.24, 2.45) is 5.92 Å². The minimum atomic E-state index is -0.298. The van der Waals surface area contributed by atoms with Gasteiger partial charge < -0.3 is 10.1 Å². The Hall–Kier alpha value is -3.08. The maximum atomic E-state index is 13.0. The molecule has 3 rings (SSSR count). The van der Waals surface area contributed by atoms with E-state index >= 15 is 0 Å². The van der Waals surface area contributed by atoms with E-state index in [0.717, 1.165) is 22.6 Å². The Labute approximate surface area is 172 Å². The summed E-state index contributed by atoms with van der Waals surface area (Å²) in [6, 6.07) is 13.3. The number of ether oxygens (including phenoxy) is 1. The largest absolute Gasteiger partial charge is 0.493 e. The second kappa shape index (κ2) is 8.52. The van der Waals surface area contributed by atoms with Gasteiger partial charge in [-0.2, -0.15) is 0 Å². The van der Waals surface area contributed by atoms with Crippen LogP contribution in [0.4, 0.5) is 5.69 Å². The first kappa shape index (κ1) is 20.6. The molecule has 1 heterocycles. The van der Waals surface area contributed by atoms with Gasteiger partial charge in [-0.1, -0.05) is 38.1 Å². The van der Waals surface area contributed by atoms with Crippen LogP contribution in [-0.2, 0) is 9.59 Å². The van der Waals surface area contributed by atoms with Crippen molar-refractivity contribution in [2.45, 2.75) is 34.6 Å². The lowest BCUT2D eigenvalue weighted by molar-refractivity contribution is -0.136. The van der Waals surface area contributed by atoms with Crippen LogP contribution < -0.4 is 10.1 Å². The SMILES string of the molecule is CCN1C(=O)C(Nc2cc(C)ccc2C)=C(c2ccc(OCC(C)C)cc2)C1=O. The molecule has 29 heavy (non-hydrogen) atoms. The van der Waals surface area contributed by atoms with E-state index in [-0.39, 0.29) is 11.8 Å². The molecule has 1 aliphatic rings. The minimum absolute atomic E-state index is 0.277. The van der Waals surface area contributed by atoms with Gasteiger partial charge in [-0.05, 0) is 61.6 Å². The summed E-state index contributed by atoms with van der Waals surface area (Å²) in [7, 11) is 0. The molecule has 1 N–H and O–H groups in total. The van der Waals surface area contributed by atoms with Gasteiger partial charge in [0.25, 0.3) is 11.8 Å². The van der Waals surface area contributed by atoms with Gasteiger partial charge in [-0.25, -0.2) is 0 Å². The van der Waals surface area contributed by atoms with Crippen molar-refractivity contribution in [1.82, 2.24) is 4.90 Å². The standard InChI is InChI=1S/C24H28N2O3/c1-6-26-23(27)21(18-9-11-19(12-10-18)29-14-15(2)3)22(24(26)28)25-20-13-16(4)7-8-17(20)5/h7-13,15,25H,6,14H2,1-5H3. The molecule has 0 radical (unpaired) electrons. The van der Waals surface area contributed by atoms with E-state index in [1.165, 1.54) is 4.90 Å². The maximum Gasteiger partial charge on any atom is 0.278 e.